The summed E-state index contributed by atoms with van der Waals surface area (Å²) >= 11 is 13.4. The Morgan fingerprint density at radius 3 is 2.74 bits per heavy atom. The van der Waals surface area contributed by atoms with Crippen LogP contribution in [0.2, 0.25) is 9.36 Å². The predicted molar refractivity (Wildman–Crippen MR) is 96.9 cm³/mol. The molecule has 2 rings (SSSR count). The van der Waals surface area contributed by atoms with Crippen molar-refractivity contribution in [3.8, 4) is 5.75 Å². The normalized spacial score (nSPS) is 10.8. The Hall–Kier alpha value is -1.27. The molecule has 7 heteroatoms. The first-order chi connectivity index (χ1) is 11.0. The van der Waals surface area contributed by atoms with Crippen molar-refractivity contribution in [2.75, 3.05) is 26.0 Å². The summed E-state index contributed by atoms with van der Waals surface area (Å²) in [6.45, 7) is 1.41. The summed E-state index contributed by atoms with van der Waals surface area (Å²) in [6, 6.07) is 9.00. The number of benzene rings is 1. The van der Waals surface area contributed by atoms with Crippen LogP contribution in [-0.2, 0) is 11.3 Å². The number of nitrogens with one attached hydrogen (secondary N) is 1. The Kier molecular flexibility index (Phi) is 6.72. The second-order valence-corrected chi connectivity index (χ2v) is 7.32. The topological polar surface area (TPSA) is 41.6 Å². The summed E-state index contributed by atoms with van der Waals surface area (Å²) in [6.07, 6.45) is 0.380. The fourth-order valence-corrected chi connectivity index (χ4v) is 3.40. The lowest BCUT2D eigenvalue weighted by molar-refractivity contribution is -0.116. The van der Waals surface area contributed by atoms with Gasteiger partial charge in [0, 0.05) is 29.4 Å². The average molecular weight is 373 g/mol. The molecular formula is C16H18Cl2N2O2S. The molecule has 0 radical (unpaired) electrons. The van der Waals surface area contributed by atoms with Gasteiger partial charge >= 0.3 is 0 Å². The monoisotopic (exact) mass is 372 g/mol. The first-order valence-corrected chi connectivity index (χ1v) is 8.61. The van der Waals surface area contributed by atoms with Crippen LogP contribution >= 0.6 is 34.5 Å². The van der Waals surface area contributed by atoms with Crippen LogP contribution in [0.1, 0.15) is 11.3 Å². The molecule has 1 amide bonds. The quantitative estimate of drug-likeness (QED) is 0.776. The molecule has 0 fully saturated rings. The summed E-state index contributed by atoms with van der Waals surface area (Å²) in [5, 5.41) is 3.38. The van der Waals surface area contributed by atoms with Gasteiger partial charge < -0.3 is 15.0 Å². The molecule has 0 aliphatic heterocycles. The zero-order valence-corrected chi connectivity index (χ0v) is 15.3. The molecular weight excluding hydrogens is 355 g/mol. The summed E-state index contributed by atoms with van der Waals surface area (Å²) in [5.74, 6) is 0.506. The van der Waals surface area contributed by atoms with Gasteiger partial charge in [-0.2, -0.15) is 0 Å². The molecule has 2 aromatic rings. The van der Waals surface area contributed by atoms with Crippen molar-refractivity contribution in [2.24, 2.45) is 0 Å². The molecule has 0 aliphatic rings. The van der Waals surface area contributed by atoms with Crippen molar-refractivity contribution < 1.29 is 9.53 Å². The number of rotatable bonds is 7. The van der Waals surface area contributed by atoms with Crippen LogP contribution in [0.4, 0.5) is 5.69 Å². The van der Waals surface area contributed by atoms with Crippen molar-refractivity contribution in [3.63, 3.8) is 0 Å². The highest BCUT2D eigenvalue weighted by atomic mass is 35.5. The van der Waals surface area contributed by atoms with Crippen LogP contribution in [0.3, 0.4) is 0 Å². The molecule has 0 unspecified atom stereocenters. The predicted octanol–water partition coefficient (Wildman–Crippen LogP) is 4.52. The summed E-state index contributed by atoms with van der Waals surface area (Å²) < 4.78 is 5.99. The van der Waals surface area contributed by atoms with Gasteiger partial charge in [0.2, 0.25) is 5.91 Å². The highest BCUT2D eigenvalue weighted by Crippen LogP contribution is 2.27. The molecule has 1 aromatic heterocycles. The molecule has 0 aliphatic carbocycles. The minimum absolute atomic E-state index is 0.0818. The van der Waals surface area contributed by atoms with E-state index in [-0.39, 0.29) is 5.91 Å². The number of thiophene rings is 1. The first kappa shape index (κ1) is 18.1. The van der Waals surface area contributed by atoms with Gasteiger partial charge in [0.25, 0.3) is 0 Å². The molecule has 124 valence electrons. The third-order valence-electron chi connectivity index (χ3n) is 3.21. The second-order valence-electron chi connectivity index (χ2n) is 5.09. The lowest BCUT2D eigenvalue weighted by Crippen LogP contribution is -2.23. The number of amides is 1. The van der Waals surface area contributed by atoms with Crippen LogP contribution in [0.25, 0.3) is 0 Å². The van der Waals surface area contributed by atoms with Gasteiger partial charge in [-0.1, -0.05) is 23.2 Å². The van der Waals surface area contributed by atoms with Crippen molar-refractivity contribution in [1.82, 2.24) is 4.90 Å². The largest absolute Gasteiger partial charge is 0.495 e. The minimum atomic E-state index is -0.0818. The van der Waals surface area contributed by atoms with Crippen LogP contribution in [0.15, 0.2) is 30.3 Å². The van der Waals surface area contributed by atoms with E-state index in [0.29, 0.717) is 29.4 Å². The highest BCUT2D eigenvalue weighted by Gasteiger charge is 2.10. The van der Waals surface area contributed by atoms with Crippen molar-refractivity contribution >= 4 is 46.1 Å². The van der Waals surface area contributed by atoms with E-state index in [2.05, 4.69) is 10.2 Å². The number of carbonyl (C=O) groups is 1. The van der Waals surface area contributed by atoms with Gasteiger partial charge in [0.1, 0.15) is 5.75 Å². The Morgan fingerprint density at radius 1 is 1.30 bits per heavy atom. The molecule has 1 aromatic carbocycles. The number of methoxy groups -OCH3 is 1. The standard InChI is InChI=1S/C16H18Cl2N2O2S/c1-20(10-12-4-6-15(18)23-12)8-7-16(21)19-13-9-11(17)3-5-14(13)22-2/h3-6,9H,7-8,10H2,1-2H3,(H,19,21). The molecule has 0 saturated carbocycles. The van der Waals surface area contributed by atoms with Gasteiger partial charge in [-0.05, 0) is 37.4 Å². The number of ether oxygens (including phenoxy) is 1. The molecule has 4 nitrogen and oxygen atoms in total. The van der Waals surface area contributed by atoms with Gasteiger partial charge in [-0.25, -0.2) is 0 Å². The highest BCUT2D eigenvalue weighted by molar-refractivity contribution is 7.16. The number of carbonyl (C=O) groups excluding carboxylic acids is 1. The third-order valence-corrected chi connectivity index (χ3v) is 4.66. The van der Waals surface area contributed by atoms with Crippen molar-refractivity contribution in [3.05, 3.63) is 44.6 Å². The minimum Gasteiger partial charge on any atom is -0.495 e. The number of halogens is 2. The van der Waals surface area contributed by atoms with Gasteiger partial charge in [-0.15, -0.1) is 11.3 Å². The fourth-order valence-electron chi connectivity index (χ4n) is 2.06. The zero-order valence-electron chi connectivity index (χ0n) is 12.9. The second kappa shape index (κ2) is 8.55. The van der Waals surface area contributed by atoms with E-state index in [9.17, 15) is 4.79 Å². The maximum Gasteiger partial charge on any atom is 0.225 e. The van der Waals surface area contributed by atoms with Crippen molar-refractivity contribution in [1.29, 1.82) is 0 Å². The SMILES string of the molecule is COc1ccc(Cl)cc1NC(=O)CCN(C)Cc1ccc(Cl)s1. The van der Waals surface area contributed by atoms with E-state index in [0.717, 1.165) is 10.9 Å². The Labute approximate surface area is 150 Å². The maximum atomic E-state index is 12.1. The van der Waals surface area contributed by atoms with Gasteiger partial charge in [0.05, 0.1) is 17.1 Å². The van der Waals surface area contributed by atoms with Crippen LogP contribution in [0.5, 0.6) is 5.75 Å². The van der Waals surface area contributed by atoms with Crippen LogP contribution < -0.4 is 10.1 Å². The molecule has 1 heterocycles. The zero-order chi connectivity index (χ0) is 16.8. The lowest BCUT2D eigenvalue weighted by atomic mass is 10.2. The average Bonchev–Trinajstić information content (AvgIpc) is 2.90. The Bertz CT molecular complexity index is 676. The number of anilines is 1. The third kappa shape index (κ3) is 5.70. The lowest BCUT2D eigenvalue weighted by Gasteiger charge is -2.16. The van der Waals surface area contributed by atoms with E-state index in [4.69, 9.17) is 27.9 Å². The summed E-state index contributed by atoms with van der Waals surface area (Å²) in [7, 11) is 3.53. The van der Waals surface area contributed by atoms with Crippen molar-refractivity contribution in [2.45, 2.75) is 13.0 Å². The van der Waals surface area contributed by atoms with Gasteiger partial charge in [0.15, 0.2) is 0 Å². The maximum absolute atomic E-state index is 12.1. The van der Waals surface area contributed by atoms with E-state index in [1.165, 1.54) is 4.88 Å². The number of nitrogens with zero attached hydrogens (tertiary/aromatic N) is 1. The Balaban J connectivity index is 1.84. The summed E-state index contributed by atoms with van der Waals surface area (Å²) in [4.78, 5) is 15.4. The van der Waals surface area contributed by atoms with Gasteiger partial charge in [-0.3, -0.25) is 4.79 Å². The first-order valence-electron chi connectivity index (χ1n) is 7.04. The molecule has 0 bridgehead atoms. The van der Waals surface area contributed by atoms with E-state index in [1.807, 2.05) is 19.2 Å². The van der Waals surface area contributed by atoms with E-state index in [1.54, 1.807) is 36.6 Å². The fraction of sp³-hybridized carbons (Fsp3) is 0.312. The molecule has 0 saturated heterocycles. The molecule has 0 atom stereocenters. The summed E-state index contributed by atoms with van der Waals surface area (Å²) in [5.41, 5.74) is 0.581. The molecule has 1 N–H and O–H groups in total. The number of hydrogen-bond donors (Lipinski definition) is 1. The van der Waals surface area contributed by atoms with E-state index < -0.39 is 0 Å². The smallest absolute Gasteiger partial charge is 0.225 e. The molecule has 23 heavy (non-hydrogen) atoms. The van der Waals surface area contributed by atoms with Crippen LogP contribution in [-0.4, -0.2) is 31.5 Å². The molecule has 0 spiro atoms. The van der Waals surface area contributed by atoms with E-state index >= 15 is 0 Å². The van der Waals surface area contributed by atoms with Crippen LogP contribution in [0, 0.1) is 0 Å². The Morgan fingerprint density at radius 2 is 2.09 bits per heavy atom. The number of hydrogen-bond acceptors (Lipinski definition) is 4.